The number of hydrogen-bond donors (Lipinski definition) is 1. The van der Waals surface area contributed by atoms with Crippen LogP contribution in [0.4, 0.5) is 10.1 Å². The largest absolute Gasteiger partial charge is 0.322 e. The first-order valence-corrected chi connectivity index (χ1v) is 11.0. The Morgan fingerprint density at radius 3 is 2.63 bits per heavy atom. The highest BCUT2D eigenvalue weighted by molar-refractivity contribution is 8.00. The van der Waals surface area contributed by atoms with Crippen LogP contribution in [-0.2, 0) is 11.8 Å². The molecular formula is C21H20FN5OS2. The number of thioether (sulfide) groups is 1. The lowest BCUT2D eigenvalue weighted by Crippen LogP contribution is -2.23. The van der Waals surface area contributed by atoms with Crippen molar-refractivity contribution in [1.82, 2.24) is 19.7 Å². The molecule has 0 aliphatic carbocycles. The minimum absolute atomic E-state index is 0.110. The molecule has 3 heterocycles. The van der Waals surface area contributed by atoms with E-state index in [1.165, 1.54) is 41.6 Å². The molecule has 0 aliphatic rings. The second-order valence-corrected chi connectivity index (χ2v) is 9.31. The number of aryl methyl sites for hydroxylation is 2. The zero-order chi connectivity index (χ0) is 21.4. The van der Waals surface area contributed by atoms with Gasteiger partial charge in [0.05, 0.1) is 32.5 Å². The van der Waals surface area contributed by atoms with Crippen LogP contribution in [0.5, 0.6) is 0 Å². The Hall–Kier alpha value is -2.78. The maximum absolute atomic E-state index is 13.2. The van der Waals surface area contributed by atoms with Crippen molar-refractivity contribution in [2.45, 2.75) is 31.0 Å². The van der Waals surface area contributed by atoms with Crippen LogP contribution < -0.4 is 5.32 Å². The lowest BCUT2D eigenvalue weighted by Gasteiger charge is -2.12. The predicted octanol–water partition coefficient (Wildman–Crippen LogP) is 4.97. The van der Waals surface area contributed by atoms with E-state index < -0.39 is 0 Å². The van der Waals surface area contributed by atoms with Crippen molar-refractivity contribution in [2.75, 3.05) is 5.32 Å². The summed E-state index contributed by atoms with van der Waals surface area (Å²) in [4.78, 5) is 22.5. The molecule has 0 spiro atoms. The Bertz CT molecular complexity index is 1230. The SMILES string of the molecule is Cc1nn(C)c(C)c1NC(=O)C(C)Sc1ncnc2cc(-c3ccc(F)cc3)sc12. The smallest absolute Gasteiger partial charge is 0.237 e. The normalized spacial score (nSPS) is 12.3. The number of nitrogens with zero attached hydrogens (tertiary/aromatic N) is 4. The molecule has 4 aromatic rings. The maximum Gasteiger partial charge on any atom is 0.237 e. The van der Waals surface area contributed by atoms with E-state index in [0.717, 1.165) is 42.8 Å². The van der Waals surface area contributed by atoms with Crippen LogP contribution in [0.3, 0.4) is 0 Å². The number of hydrogen-bond acceptors (Lipinski definition) is 6. The van der Waals surface area contributed by atoms with Crippen LogP contribution in [0.15, 0.2) is 41.7 Å². The number of halogens is 1. The molecule has 0 saturated carbocycles. The molecule has 30 heavy (non-hydrogen) atoms. The van der Waals surface area contributed by atoms with E-state index in [9.17, 15) is 9.18 Å². The predicted molar refractivity (Wildman–Crippen MR) is 119 cm³/mol. The fourth-order valence-electron chi connectivity index (χ4n) is 3.07. The third-order valence-electron chi connectivity index (χ3n) is 4.82. The average Bonchev–Trinajstić information content (AvgIpc) is 3.25. The van der Waals surface area contributed by atoms with Crippen molar-refractivity contribution in [3.05, 3.63) is 53.9 Å². The monoisotopic (exact) mass is 441 g/mol. The molecule has 1 amide bonds. The maximum atomic E-state index is 13.2. The van der Waals surface area contributed by atoms with Gasteiger partial charge < -0.3 is 5.32 Å². The summed E-state index contributed by atoms with van der Waals surface area (Å²) in [6.07, 6.45) is 1.51. The fourth-order valence-corrected chi connectivity index (χ4v) is 5.16. The van der Waals surface area contributed by atoms with Gasteiger partial charge >= 0.3 is 0 Å². The summed E-state index contributed by atoms with van der Waals surface area (Å²) in [5, 5.41) is 7.71. The molecule has 154 valence electrons. The summed E-state index contributed by atoms with van der Waals surface area (Å²) < 4.78 is 15.9. The summed E-state index contributed by atoms with van der Waals surface area (Å²) in [6, 6.07) is 8.34. The molecule has 9 heteroatoms. The molecule has 1 unspecified atom stereocenters. The highest BCUT2D eigenvalue weighted by atomic mass is 32.2. The second-order valence-electron chi connectivity index (χ2n) is 6.93. The Morgan fingerprint density at radius 1 is 1.23 bits per heavy atom. The average molecular weight is 442 g/mol. The number of nitrogens with one attached hydrogen (secondary N) is 1. The van der Waals surface area contributed by atoms with Gasteiger partial charge in [0.25, 0.3) is 0 Å². The van der Waals surface area contributed by atoms with Crippen molar-refractivity contribution in [3.8, 4) is 10.4 Å². The van der Waals surface area contributed by atoms with Gasteiger partial charge in [0.2, 0.25) is 5.91 Å². The van der Waals surface area contributed by atoms with E-state index in [1.54, 1.807) is 16.8 Å². The number of aromatic nitrogens is 4. The Kier molecular flexibility index (Phi) is 5.57. The highest BCUT2D eigenvalue weighted by Gasteiger charge is 2.21. The van der Waals surface area contributed by atoms with E-state index in [4.69, 9.17) is 0 Å². The number of carbonyl (C=O) groups is 1. The van der Waals surface area contributed by atoms with Gasteiger partial charge in [-0.15, -0.1) is 11.3 Å². The molecule has 6 nitrogen and oxygen atoms in total. The van der Waals surface area contributed by atoms with Gasteiger partial charge in [0.1, 0.15) is 17.2 Å². The minimum atomic E-state index is -0.363. The van der Waals surface area contributed by atoms with Crippen molar-refractivity contribution in [1.29, 1.82) is 0 Å². The van der Waals surface area contributed by atoms with Gasteiger partial charge in [-0.05, 0) is 44.5 Å². The number of carbonyl (C=O) groups excluding carboxylic acids is 1. The van der Waals surface area contributed by atoms with Crippen LogP contribution in [-0.4, -0.2) is 30.9 Å². The lowest BCUT2D eigenvalue weighted by atomic mass is 10.2. The van der Waals surface area contributed by atoms with Gasteiger partial charge in [-0.3, -0.25) is 9.48 Å². The molecule has 0 radical (unpaired) electrons. The lowest BCUT2D eigenvalue weighted by molar-refractivity contribution is -0.115. The number of benzene rings is 1. The molecule has 4 rings (SSSR count). The standard InChI is InChI=1S/C21H20FN5OS2/c1-11-18(12(2)27(4)26-11)25-20(28)13(3)29-21-19-16(23-10-24-21)9-17(30-19)14-5-7-15(22)8-6-14/h5-10,13H,1-4H3,(H,25,28). The van der Waals surface area contributed by atoms with Gasteiger partial charge in [-0.1, -0.05) is 23.9 Å². The molecule has 1 aromatic carbocycles. The molecule has 0 aliphatic heterocycles. The summed E-state index contributed by atoms with van der Waals surface area (Å²) >= 11 is 2.93. The van der Waals surface area contributed by atoms with E-state index in [1.807, 2.05) is 33.9 Å². The minimum Gasteiger partial charge on any atom is -0.322 e. The summed E-state index contributed by atoms with van der Waals surface area (Å²) in [5.41, 5.74) is 4.17. The molecule has 3 aromatic heterocycles. The van der Waals surface area contributed by atoms with Crippen molar-refractivity contribution in [2.24, 2.45) is 7.05 Å². The summed E-state index contributed by atoms with van der Waals surface area (Å²) in [5.74, 6) is -0.379. The van der Waals surface area contributed by atoms with Gasteiger partial charge in [-0.2, -0.15) is 5.10 Å². The first-order valence-electron chi connectivity index (χ1n) is 9.31. The number of rotatable bonds is 5. The Morgan fingerprint density at radius 2 is 1.97 bits per heavy atom. The number of thiophene rings is 1. The van der Waals surface area contributed by atoms with Crippen LogP contribution in [0.1, 0.15) is 18.3 Å². The van der Waals surface area contributed by atoms with Crippen molar-refractivity contribution < 1.29 is 9.18 Å². The molecule has 0 bridgehead atoms. The molecule has 1 N–H and O–H groups in total. The zero-order valence-electron chi connectivity index (χ0n) is 16.9. The third-order valence-corrected chi connectivity index (χ3v) is 7.23. The Balaban J connectivity index is 1.57. The van der Waals surface area contributed by atoms with Crippen LogP contribution in [0, 0.1) is 19.7 Å². The molecule has 0 fully saturated rings. The zero-order valence-corrected chi connectivity index (χ0v) is 18.6. The third kappa shape index (κ3) is 3.95. The number of anilines is 1. The number of amides is 1. The van der Waals surface area contributed by atoms with Crippen molar-refractivity contribution >= 4 is 44.9 Å². The van der Waals surface area contributed by atoms with E-state index in [2.05, 4.69) is 20.4 Å². The highest BCUT2D eigenvalue weighted by Crippen LogP contribution is 2.38. The quantitative estimate of drug-likeness (QED) is 0.350. The fraction of sp³-hybridized carbons (Fsp3) is 0.238. The van der Waals surface area contributed by atoms with Crippen LogP contribution in [0.25, 0.3) is 20.7 Å². The van der Waals surface area contributed by atoms with E-state index in [-0.39, 0.29) is 17.0 Å². The number of fused-ring (bicyclic) bond motifs is 1. The molecule has 1 atom stereocenters. The summed E-state index contributed by atoms with van der Waals surface area (Å²) in [6.45, 7) is 5.64. The summed E-state index contributed by atoms with van der Waals surface area (Å²) in [7, 11) is 1.85. The van der Waals surface area contributed by atoms with E-state index >= 15 is 0 Å². The topological polar surface area (TPSA) is 72.7 Å². The Labute approximate surface area is 181 Å². The van der Waals surface area contributed by atoms with Crippen LogP contribution in [0.2, 0.25) is 0 Å². The molecule has 0 saturated heterocycles. The first kappa shape index (κ1) is 20.5. The van der Waals surface area contributed by atoms with E-state index in [0.29, 0.717) is 0 Å². The molecular weight excluding hydrogens is 421 g/mol. The van der Waals surface area contributed by atoms with Gasteiger partial charge in [0.15, 0.2) is 0 Å². The van der Waals surface area contributed by atoms with Crippen molar-refractivity contribution in [3.63, 3.8) is 0 Å². The first-order chi connectivity index (χ1) is 14.3. The van der Waals surface area contributed by atoms with Gasteiger partial charge in [0, 0.05) is 11.9 Å². The van der Waals surface area contributed by atoms with Crippen LogP contribution >= 0.6 is 23.1 Å². The second kappa shape index (κ2) is 8.16. The van der Waals surface area contributed by atoms with Gasteiger partial charge in [-0.25, -0.2) is 14.4 Å².